The monoisotopic (exact) mass is 317 g/mol. The first-order valence-corrected chi connectivity index (χ1v) is 7.03. The van der Waals surface area contributed by atoms with E-state index in [0.717, 1.165) is 0 Å². The summed E-state index contributed by atoms with van der Waals surface area (Å²) in [6, 6.07) is 0. The van der Waals surface area contributed by atoms with Gasteiger partial charge >= 0.3 is 6.18 Å². The topological polar surface area (TPSA) is 66.3 Å². The highest BCUT2D eigenvalue weighted by molar-refractivity contribution is 5.79. The molecular weight excluding hydrogens is 299 g/mol. The Balaban J connectivity index is 2.31. The molecular formula is C14H18F3N3O2. The molecule has 1 unspecified atom stereocenters. The summed E-state index contributed by atoms with van der Waals surface area (Å²) in [5.41, 5.74) is -0.522. The first-order chi connectivity index (χ1) is 10.2. The van der Waals surface area contributed by atoms with Crippen molar-refractivity contribution >= 4 is 5.91 Å². The lowest BCUT2D eigenvalue weighted by Gasteiger charge is -2.28. The Morgan fingerprint density at radius 2 is 2.09 bits per heavy atom. The van der Waals surface area contributed by atoms with Gasteiger partial charge in [0.2, 0.25) is 5.91 Å². The number of alkyl halides is 3. The lowest BCUT2D eigenvalue weighted by atomic mass is 9.84. The van der Waals surface area contributed by atoms with Gasteiger partial charge in [-0.25, -0.2) is 9.97 Å². The van der Waals surface area contributed by atoms with Gasteiger partial charge in [-0.2, -0.15) is 13.2 Å². The van der Waals surface area contributed by atoms with Gasteiger partial charge in [0, 0.05) is 30.8 Å². The van der Waals surface area contributed by atoms with E-state index in [-0.39, 0.29) is 36.9 Å². The van der Waals surface area contributed by atoms with Crippen LogP contribution in [0, 0.1) is 12.8 Å². The van der Waals surface area contributed by atoms with E-state index in [0.29, 0.717) is 18.5 Å². The molecule has 5 nitrogen and oxygen atoms in total. The lowest BCUT2D eigenvalue weighted by molar-refractivity contribution is -0.143. The van der Waals surface area contributed by atoms with Gasteiger partial charge in [-0.3, -0.25) is 4.79 Å². The standard InChI is InChI=1S/C14H18F3N3O2/c1-8-18-11-4-3-9(13(22)20(2)5-6-21)7-10(11)12(19-8)14(15,16)17/h9,21H,3-7H2,1-2H3. The molecule has 0 spiro atoms. The number of rotatable bonds is 3. The van der Waals surface area contributed by atoms with Crippen molar-refractivity contribution in [3.05, 3.63) is 22.8 Å². The van der Waals surface area contributed by atoms with Gasteiger partial charge in [0.05, 0.1) is 6.61 Å². The predicted octanol–water partition coefficient (Wildman–Crippen LogP) is 1.36. The van der Waals surface area contributed by atoms with Crippen LogP contribution in [0.5, 0.6) is 0 Å². The largest absolute Gasteiger partial charge is 0.433 e. The molecule has 0 aromatic carbocycles. The molecule has 0 saturated carbocycles. The molecule has 22 heavy (non-hydrogen) atoms. The van der Waals surface area contributed by atoms with Crippen LogP contribution in [0.3, 0.4) is 0 Å². The molecule has 0 bridgehead atoms. The molecule has 0 fully saturated rings. The predicted molar refractivity (Wildman–Crippen MR) is 72.0 cm³/mol. The molecule has 122 valence electrons. The number of fused-ring (bicyclic) bond motifs is 1. The van der Waals surface area contributed by atoms with E-state index in [1.165, 1.54) is 18.9 Å². The molecule has 0 radical (unpaired) electrons. The van der Waals surface area contributed by atoms with Crippen LogP contribution in [0.1, 0.15) is 29.2 Å². The number of nitrogens with zero attached hydrogens (tertiary/aromatic N) is 3. The Labute approximate surface area is 126 Å². The van der Waals surface area contributed by atoms with E-state index in [1.54, 1.807) is 0 Å². The van der Waals surface area contributed by atoms with E-state index >= 15 is 0 Å². The van der Waals surface area contributed by atoms with Crippen molar-refractivity contribution in [2.45, 2.75) is 32.4 Å². The molecule has 1 N–H and O–H groups in total. The van der Waals surface area contributed by atoms with Crippen LogP contribution in [-0.4, -0.2) is 46.1 Å². The minimum atomic E-state index is -4.56. The summed E-state index contributed by atoms with van der Waals surface area (Å²) in [6.45, 7) is 1.42. The fourth-order valence-electron chi connectivity index (χ4n) is 2.75. The third kappa shape index (κ3) is 3.37. The minimum absolute atomic E-state index is 0.0148. The van der Waals surface area contributed by atoms with Crippen molar-refractivity contribution in [3.8, 4) is 0 Å². The minimum Gasteiger partial charge on any atom is -0.395 e. The second-order valence-electron chi connectivity index (χ2n) is 5.47. The van der Waals surface area contributed by atoms with Gasteiger partial charge in [0.1, 0.15) is 5.82 Å². The molecule has 1 aliphatic carbocycles. The summed E-state index contributed by atoms with van der Waals surface area (Å²) >= 11 is 0. The number of hydrogen-bond acceptors (Lipinski definition) is 4. The number of carbonyl (C=O) groups is 1. The number of aromatic nitrogens is 2. The maximum Gasteiger partial charge on any atom is 0.433 e. The maximum absolute atomic E-state index is 13.1. The van der Waals surface area contributed by atoms with Gasteiger partial charge < -0.3 is 10.0 Å². The summed E-state index contributed by atoms with van der Waals surface area (Å²) in [7, 11) is 1.53. The van der Waals surface area contributed by atoms with Crippen LogP contribution >= 0.6 is 0 Å². The summed E-state index contributed by atoms with van der Waals surface area (Å²) in [6.07, 6.45) is -3.79. The number of halogens is 3. The molecule has 8 heteroatoms. The molecule has 1 amide bonds. The van der Waals surface area contributed by atoms with Gasteiger partial charge in [0.15, 0.2) is 5.69 Å². The van der Waals surface area contributed by atoms with E-state index in [9.17, 15) is 18.0 Å². The Hall–Kier alpha value is -1.70. The van der Waals surface area contributed by atoms with E-state index < -0.39 is 17.8 Å². The number of amides is 1. The molecule has 1 aromatic rings. The summed E-state index contributed by atoms with van der Waals surface area (Å²) < 4.78 is 39.4. The molecule has 0 saturated heterocycles. The number of aliphatic hydroxyl groups is 1. The summed E-state index contributed by atoms with van der Waals surface area (Å²) in [4.78, 5) is 21.2. The fraction of sp³-hybridized carbons (Fsp3) is 0.643. The van der Waals surface area contributed by atoms with Gasteiger partial charge in [0.25, 0.3) is 0 Å². The second kappa shape index (κ2) is 6.20. The molecule has 1 heterocycles. The normalized spacial score (nSPS) is 18.0. The van der Waals surface area contributed by atoms with Crippen LogP contribution in [0.25, 0.3) is 0 Å². The summed E-state index contributed by atoms with van der Waals surface area (Å²) in [5.74, 6) is -0.696. The average Bonchev–Trinajstić information content (AvgIpc) is 2.44. The smallest absolute Gasteiger partial charge is 0.395 e. The highest BCUT2D eigenvalue weighted by atomic mass is 19.4. The van der Waals surface area contributed by atoms with Crippen molar-refractivity contribution in [1.29, 1.82) is 0 Å². The second-order valence-corrected chi connectivity index (χ2v) is 5.47. The molecule has 2 rings (SSSR count). The first-order valence-electron chi connectivity index (χ1n) is 7.03. The zero-order valence-corrected chi connectivity index (χ0v) is 12.4. The molecule has 1 atom stereocenters. The first kappa shape index (κ1) is 16.7. The van der Waals surface area contributed by atoms with Crippen molar-refractivity contribution in [3.63, 3.8) is 0 Å². The third-order valence-electron chi connectivity index (χ3n) is 3.81. The van der Waals surface area contributed by atoms with Crippen molar-refractivity contribution in [2.75, 3.05) is 20.2 Å². The van der Waals surface area contributed by atoms with Crippen LogP contribution < -0.4 is 0 Å². The fourth-order valence-corrected chi connectivity index (χ4v) is 2.75. The number of hydrogen-bond donors (Lipinski definition) is 1. The average molecular weight is 317 g/mol. The van der Waals surface area contributed by atoms with E-state index in [2.05, 4.69) is 9.97 Å². The Morgan fingerprint density at radius 1 is 1.41 bits per heavy atom. The third-order valence-corrected chi connectivity index (χ3v) is 3.81. The van der Waals surface area contributed by atoms with Gasteiger partial charge in [-0.1, -0.05) is 0 Å². The van der Waals surface area contributed by atoms with Crippen LogP contribution in [0.15, 0.2) is 0 Å². The Morgan fingerprint density at radius 3 is 2.68 bits per heavy atom. The number of aryl methyl sites for hydroxylation is 2. The van der Waals surface area contributed by atoms with E-state index in [4.69, 9.17) is 5.11 Å². The van der Waals surface area contributed by atoms with Crippen LogP contribution in [-0.2, 0) is 23.8 Å². The van der Waals surface area contributed by atoms with E-state index in [1.807, 2.05) is 0 Å². The molecule has 1 aliphatic rings. The van der Waals surface area contributed by atoms with Crippen molar-refractivity contribution in [1.82, 2.24) is 14.9 Å². The molecule has 1 aromatic heterocycles. The zero-order valence-electron chi connectivity index (χ0n) is 12.4. The Bertz CT molecular complexity index is 575. The number of likely N-dealkylation sites (N-methyl/N-ethyl adjacent to an activating group) is 1. The highest BCUT2D eigenvalue weighted by Gasteiger charge is 2.40. The van der Waals surface area contributed by atoms with Crippen molar-refractivity contribution in [2.24, 2.45) is 5.92 Å². The molecule has 0 aliphatic heterocycles. The highest BCUT2D eigenvalue weighted by Crippen LogP contribution is 2.36. The summed E-state index contributed by atoms with van der Waals surface area (Å²) in [5, 5.41) is 8.86. The zero-order chi connectivity index (χ0) is 16.5. The van der Waals surface area contributed by atoms with Crippen molar-refractivity contribution < 1.29 is 23.1 Å². The quantitative estimate of drug-likeness (QED) is 0.914. The lowest BCUT2D eigenvalue weighted by Crippen LogP contribution is -2.38. The van der Waals surface area contributed by atoms with Crippen LogP contribution in [0.2, 0.25) is 0 Å². The number of aliphatic hydroxyl groups excluding tert-OH is 1. The Kier molecular flexibility index (Phi) is 4.69. The van der Waals surface area contributed by atoms with Gasteiger partial charge in [-0.15, -0.1) is 0 Å². The van der Waals surface area contributed by atoms with Crippen LogP contribution in [0.4, 0.5) is 13.2 Å². The van der Waals surface area contributed by atoms with Gasteiger partial charge in [-0.05, 0) is 26.2 Å². The SMILES string of the molecule is Cc1nc2c(c(C(F)(F)F)n1)CC(C(=O)N(C)CCO)CC2. The maximum atomic E-state index is 13.1. The number of carbonyl (C=O) groups excluding carboxylic acids is 1.